The molecule has 0 radical (unpaired) electrons. The van der Waals surface area contributed by atoms with Gasteiger partial charge in [-0.05, 0) is 34.9 Å². The molecule has 1 unspecified atom stereocenters. The quantitative estimate of drug-likeness (QED) is 0.646. The van der Waals surface area contributed by atoms with Crippen LogP contribution in [-0.4, -0.2) is 10.9 Å². The Balaban J connectivity index is 1.68. The molecule has 0 saturated carbocycles. The number of anilines is 1. The van der Waals surface area contributed by atoms with E-state index in [1.54, 1.807) is 6.20 Å². The second kappa shape index (κ2) is 7.04. The van der Waals surface area contributed by atoms with Gasteiger partial charge in [-0.2, -0.15) is 0 Å². The van der Waals surface area contributed by atoms with Crippen LogP contribution in [0.15, 0.2) is 79.2 Å². The average Bonchev–Trinajstić information content (AvgIpc) is 2.92. The van der Waals surface area contributed by atoms with Gasteiger partial charge < -0.3 is 16.4 Å². The molecule has 3 aromatic rings. The molecule has 2 aromatic carbocycles. The predicted molar refractivity (Wildman–Crippen MR) is 116 cm³/mol. The topological polar surface area (TPSA) is 80.0 Å². The van der Waals surface area contributed by atoms with E-state index in [0.717, 1.165) is 44.5 Å². The van der Waals surface area contributed by atoms with Crippen LogP contribution in [0.3, 0.4) is 0 Å². The minimum Gasteiger partial charge on any atom is -0.361 e. The number of nitrogens with one attached hydrogen (secondary N) is 2. The number of hydrogen-bond acceptors (Lipinski definition) is 4. The largest absolute Gasteiger partial charge is 0.361 e. The lowest BCUT2D eigenvalue weighted by Gasteiger charge is -2.15. The van der Waals surface area contributed by atoms with Crippen molar-refractivity contribution < 1.29 is 4.79 Å². The molecule has 0 aliphatic carbocycles. The van der Waals surface area contributed by atoms with Crippen LogP contribution in [0.4, 0.5) is 5.69 Å². The smallest absolute Gasteiger partial charge is 0.236 e. The number of aromatic nitrogens is 1. The van der Waals surface area contributed by atoms with Gasteiger partial charge in [0.15, 0.2) is 0 Å². The van der Waals surface area contributed by atoms with Crippen molar-refractivity contribution >= 4 is 28.2 Å². The summed E-state index contributed by atoms with van der Waals surface area (Å²) in [6.07, 6.45) is 11.5. The summed E-state index contributed by atoms with van der Waals surface area (Å²) >= 11 is 0. The standard InChI is InChI=1S/C24H20N4O/c25-14-15-10-11-16(17-8-5-13-27-22(15)17)21-19-7-4-6-18(23(19)28-24(21)29)20-9-2-1-3-12-26-20/h1-13,21,26H,14,25H2,(H,28,29). The third-order valence-corrected chi connectivity index (χ3v) is 5.45. The monoisotopic (exact) mass is 380 g/mol. The Labute approximate surface area is 168 Å². The van der Waals surface area contributed by atoms with E-state index in [2.05, 4.69) is 15.6 Å². The van der Waals surface area contributed by atoms with Gasteiger partial charge in [-0.25, -0.2) is 0 Å². The van der Waals surface area contributed by atoms with Crippen molar-refractivity contribution in [2.75, 3.05) is 5.32 Å². The fraction of sp³-hybridized carbons (Fsp3) is 0.0833. The normalized spacial score (nSPS) is 17.5. The fourth-order valence-corrected chi connectivity index (χ4v) is 4.11. The van der Waals surface area contributed by atoms with Gasteiger partial charge in [0.05, 0.1) is 17.1 Å². The Morgan fingerprint density at radius 1 is 1.00 bits per heavy atom. The van der Waals surface area contributed by atoms with Crippen LogP contribution in [0.1, 0.15) is 28.2 Å². The van der Waals surface area contributed by atoms with Crippen LogP contribution < -0.4 is 16.4 Å². The van der Waals surface area contributed by atoms with Gasteiger partial charge >= 0.3 is 0 Å². The number of carbonyl (C=O) groups excluding carboxylic acids is 1. The number of allylic oxidation sites excluding steroid dienone is 4. The van der Waals surface area contributed by atoms with E-state index in [1.807, 2.05) is 73.0 Å². The van der Waals surface area contributed by atoms with Gasteiger partial charge in [-0.15, -0.1) is 0 Å². The van der Waals surface area contributed by atoms with Crippen molar-refractivity contribution in [3.63, 3.8) is 0 Å². The van der Waals surface area contributed by atoms with Crippen LogP contribution in [0, 0.1) is 0 Å². The van der Waals surface area contributed by atoms with Gasteiger partial charge in [-0.3, -0.25) is 9.78 Å². The summed E-state index contributed by atoms with van der Waals surface area (Å²) in [6, 6.07) is 13.9. The van der Waals surface area contributed by atoms with Crippen molar-refractivity contribution in [2.45, 2.75) is 12.5 Å². The minimum absolute atomic E-state index is 0.0293. The van der Waals surface area contributed by atoms with Gasteiger partial charge in [0.25, 0.3) is 0 Å². The van der Waals surface area contributed by atoms with Crippen molar-refractivity contribution in [1.29, 1.82) is 0 Å². The summed E-state index contributed by atoms with van der Waals surface area (Å²) < 4.78 is 0. The fourth-order valence-electron chi connectivity index (χ4n) is 4.11. The summed E-state index contributed by atoms with van der Waals surface area (Å²) in [5.41, 5.74) is 12.4. The van der Waals surface area contributed by atoms with Gasteiger partial charge in [0.2, 0.25) is 5.91 Å². The second-order valence-corrected chi connectivity index (χ2v) is 7.08. The number of rotatable bonds is 3. The van der Waals surface area contributed by atoms with E-state index in [9.17, 15) is 4.79 Å². The molecule has 1 aromatic heterocycles. The van der Waals surface area contributed by atoms with Crippen LogP contribution >= 0.6 is 0 Å². The number of nitrogens with two attached hydrogens (primary N) is 1. The molecule has 2 aliphatic heterocycles. The summed E-state index contributed by atoms with van der Waals surface area (Å²) in [5.74, 6) is -0.417. The van der Waals surface area contributed by atoms with E-state index in [1.165, 1.54) is 0 Å². The Hall–Kier alpha value is -3.70. The van der Waals surface area contributed by atoms with Gasteiger partial charge in [0, 0.05) is 35.6 Å². The highest BCUT2D eigenvalue weighted by Gasteiger charge is 2.35. The minimum atomic E-state index is -0.388. The third kappa shape index (κ3) is 2.83. The Morgan fingerprint density at radius 2 is 1.93 bits per heavy atom. The van der Waals surface area contributed by atoms with E-state index in [4.69, 9.17) is 5.73 Å². The molecule has 3 heterocycles. The maximum Gasteiger partial charge on any atom is 0.236 e. The molecule has 0 fully saturated rings. The highest BCUT2D eigenvalue weighted by molar-refractivity contribution is 6.09. The lowest BCUT2D eigenvalue weighted by atomic mass is 9.88. The average molecular weight is 380 g/mol. The molecule has 5 nitrogen and oxygen atoms in total. The van der Waals surface area contributed by atoms with Crippen LogP contribution in [0.5, 0.6) is 0 Å². The predicted octanol–water partition coefficient (Wildman–Crippen LogP) is 3.79. The first-order valence-electron chi connectivity index (χ1n) is 9.58. The number of fused-ring (bicyclic) bond motifs is 2. The summed E-state index contributed by atoms with van der Waals surface area (Å²) in [5, 5.41) is 7.36. The molecule has 0 bridgehead atoms. The molecule has 4 N–H and O–H groups in total. The highest BCUT2D eigenvalue weighted by atomic mass is 16.2. The SMILES string of the molecule is NCc1ccc(C2C(=O)Nc3c(C4=CC=CC=CN4)cccc32)c2cccnc12. The van der Waals surface area contributed by atoms with E-state index in [-0.39, 0.29) is 11.8 Å². The molecule has 1 atom stereocenters. The van der Waals surface area contributed by atoms with Crippen LogP contribution in [-0.2, 0) is 11.3 Å². The maximum atomic E-state index is 13.1. The first kappa shape index (κ1) is 17.4. The van der Waals surface area contributed by atoms with Crippen molar-refractivity contribution in [2.24, 2.45) is 5.73 Å². The Kier molecular flexibility index (Phi) is 4.22. The van der Waals surface area contributed by atoms with Crippen molar-refractivity contribution in [1.82, 2.24) is 10.3 Å². The van der Waals surface area contributed by atoms with Crippen molar-refractivity contribution in [3.05, 3.63) is 101 Å². The zero-order chi connectivity index (χ0) is 19.8. The Morgan fingerprint density at radius 3 is 2.83 bits per heavy atom. The van der Waals surface area contributed by atoms with Gasteiger partial charge in [0.1, 0.15) is 0 Å². The van der Waals surface area contributed by atoms with Gasteiger partial charge in [-0.1, -0.05) is 48.6 Å². The highest BCUT2D eigenvalue weighted by Crippen LogP contribution is 2.43. The molecule has 5 rings (SSSR count). The van der Waals surface area contributed by atoms with E-state index in [0.29, 0.717) is 6.54 Å². The number of amides is 1. The summed E-state index contributed by atoms with van der Waals surface area (Å²) in [4.78, 5) is 17.6. The lowest BCUT2D eigenvalue weighted by molar-refractivity contribution is -0.116. The zero-order valence-electron chi connectivity index (χ0n) is 15.7. The second-order valence-electron chi connectivity index (χ2n) is 7.08. The molecule has 0 saturated heterocycles. The summed E-state index contributed by atoms with van der Waals surface area (Å²) in [6.45, 7) is 0.409. The molecule has 2 aliphatic rings. The molecule has 29 heavy (non-hydrogen) atoms. The molecule has 5 heteroatoms. The maximum absolute atomic E-state index is 13.1. The lowest BCUT2D eigenvalue weighted by Crippen LogP contribution is -2.14. The molecule has 142 valence electrons. The first-order chi connectivity index (χ1) is 14.3. The molecular weight excluding hydrogens is 360 g/mol. The van der Waals surface area contributed by atoms with Crippen molar-refractivity contribution in [3.8, 4) is 0 Å². The number of hydrogen-bond donors (Lipinski definition) is 3. The molecule has 0 spiro atoms. The first-order valence-corrected chi connectivity index (χ1v) is 9.58. The van der Waals surface area contributed by atoms with Crippen LogP contribution in [0.2, 0.25) is 0 Å². The van der Waals surface area contributed by atoms with Crippen LogP contribution in [0.25, 0.3) is 16.6 Å². The molecular formula is C24H20N4O. The molecule has 1 amide bonds. The summed E-state index contributed by atoms with van der Waals surface area (Å²) in [7, 11) is 0. The van der Waals surface area contributed by atoms with E-state index < -0.39 is 0 Å². The van der Waals surface area contributed by atoms with E-state index >= 15 is 0 Å². The number of nitrogens with zero attached hydrogens (tertiary/aromatic N) is 1. The number of para-hydroxylation sites is 1. The number of pyridine rings is 1. The zero-order valence-corrected chi connectivity index (χ0v) is 15.7. The Bertz CT molecular complexity index is 1220. The number of carbonyl (C=O) groups is 1. The third-order valence-electron chi connectivity index (χ3n) is 5.45. The number of benzene rings is 2.